The highest BCUT2D eigenvalue weighted by Gasteiger charge is 2.20. The number of aromatic nitrogens is 4. The molecule has 0 amide bonds. The number of carbonyl (C=O) groups is 1. The van der Waals surface area contributed by atoms with Crippen LogP contribution in [0.3, 0.4) is 0 Å². The van der Waals surface area contributed by atoms with Gasteiger partial charge in [-0.3, -0.25) is 4.98 Å². The van der Waals surface area contributed by atoms with Gasteiger partial charge in [0.2, 0.25) is 0 Å². The van der Waals surface area contributed by atoms with Gasteiger partial charge in [0.05, 0.1) is 6.54 Å². The number of carboxylic acids is 1. The standard InChI is InChI=1S/C15H11BrN4O2/c16-12-5-1-3-10(7-12)9-20-14(11-4-2-6-17-8-11)13(15(21)22)18-19-20/h1-8H,9H2,(H,21,22). The van der Waals surface area contributed by atoms with E-state index in [1.165, 1.54) is 0 Å². The molecule has 0 unspecified atom stereocenters. The first kappa shape index (κ1) is 14.4. The lowest BCUT2D eigenvalue weighted by Crippen LogP contribution is -2.06. The van der Waals surface area contributed by atoms with Crippen molar-refractivity contribution in [3.8, 4) is 11.3 Å². The van der Waals surface area contributed by atoms with Crippen LogP contribution in [0.2, 0.25) is 0 Å². The molecule has 0 aliphatic heterocycles. The number of pyridine rings is 1. The Morgan fingerprint density at radius 1 is 1.27 bits per heavy atom. The molecule has 0 aliphatic rings. The van der Waals surface area contributed by atoms with Gasteiger partial charge in [-0.15, -0.1) is 5.10 Å². The molecule has 0 atom stereocenters. The normalized spacial score (nSPS) is 10.6. The van der Waals surface area contributed by atoms with Crippen LogP contribution in [0.25, 0.3) is 11.3 Å². The van der Waals surface area contributed by atoms with E-state index in [0.717, 1.165) is 10.0 Å². The van der Waals surface area contributed by atoms with Crippen molar-refractivity contribution in [1.82, 2.24) is 20.0 Å². The summed E-state index contributed by atoms with van der Waals surface area (Å²) in [5.74, 6) is -1.11. The van der Waals surface area contributed by atoms with Crippen molar-refractivity contribution >= 4 is 21.9 Å². The fraction of sp³-hybridized carbons (Fsp3) is 0.0667. The number of benzene rings is 1. The highest BCUT2D eigenvalue weighted by atomic mass is 79.9. The Kier molecular flexibility index (Phi) is 3.97. The van der Waals surface area contributed by atoms with Crippen molar-refractivity contribution < 1.29 is 9.90 Å². The molecular formula is C15H11BrN4O2. The quantitative estimate of drug-likeness (QED) is 0.775. The van der Waals surface area contributed by atoms with E-state index in [0.29, 0.717) is 17.8 Å². The first-order valence-corrected chi connectivity index (χ1v) is 7.26. The number of aromatic carboxylic acids is 1. The van der Waals surface area contributed by atoms with E-state index in [2.05, 4.69) is 31.2 Å². The van der Waals surface area contributed by atoms with Gasteiger partial charge in [-0.1, -0.05) is 33.3 Å². The van der Waals surface area contributed by atoms with E-state index < -0.39 is 5.97 Å². The van der Waals surface area contributed by atoms with Gasteiger partial charge in [-0.05, 0) is 29.8 Å². The van der Waals surface area contributed by atoms with E-state index in [4.69, 9.17) is 0 Å². The maximum Gasteiger partial charge on any atom is 0.358 e. The Balaban J connectivity index is 2.07. The molecule has 3 rings (SSSR count). The highest BCUT2D eigenvalue weighted by Crippen LogP contribution is 2.23. The first-order valence-electron chi connectivity index (χ1n) is 6.47. The molecular weight excluding hydrogens is 348 g/mol. The van der Waals surface area contributed by atoms with Crippen LogP contribution in [-0.2, 0) is 6.54 Å². The summed E-state index contributed by atoms with van der Waals surface area (Å²) in [5.41, 5.74) is 2.02. The van der Waals surface area contributed by atoms with Crippen LogP contribution in [0.1, 0.15) is 16.1 Å². The zero-order valence-electron chi connectivity index (χ0n) is 11.3. The van der Waals surface area contributed by atoms with E-state index in [1.807, 2.05) is 24.3 Å². The molecule has 0 radical (unpaired) electrons. The lowest BCUT2D eigenvalue weighted by molar-refractivity contribution is 0.0691. The van der Waals surface area contributed by atoms with Crippen molar-refractivity contribution in [1.29, 1.82) is 0 Å². The van der Waals surface area contributed by atoms with E-state index in [9.17, 15) is 9.90 Å². The monoisotopic (exact) mass is 358 g/mol. The average molecular weight is 359 g/mol. The molecule has 3 aromatic rings. The third-order valence-corrected chi connectivity index (χ3v) is 3.59. The van der Waals surface area contributed by atoms with Crippen molar-refractivity contribution in [3.05, 3.63) is 64.5 Å². The van der Waals surface area contributed by atoms with Gasteiger partial charge in [-0.25, -0.2) is 9.48 Å². The minimum absolute atomic E-state index is 0.0806. The first-order chi connectivity index (χ1) is 10.6. The van der Waals surface area contributed by atoms with Crippen molar-refractivity contribution in [2.45, 2.75) is 6.54 Å². The number of hydrogen-bond donors (Lipinski definition) is 1. The van der Waals surface area contributed by atoms with Crippen LogP contribution in [-0.4, -0.2) is 31.1 Å². The Bertz CT molecular complexity index is 817. The summed E-state index contributed by atoms with van der Waals surface area (Å²) in [4.78, 5) is 15.4. The second kappa shape index (κ2) is 6.07. The minimum Gasteiger partial charge on any atom is -0.476 e. The molecule has 22 heavy (non-hydrogen) atoms. The van der Waals surface area contributed by atoms with Gasteiger partial charge in [0, 0.05) is 22.4 Å². The topological polar surface area (TPSA) is 80.9 Å². The fourth-order valence-electron chi connectivity index (χ4n) is 2.16. The van der Waals surface area contributed by atoms with Gasteiger partial charge >= 0.3 is 5.97 Å². The van der Waals surface area contributed by atoms with Crippen LogP contribution < -0.4 is 0 Å². The van der Waals surface area contributed by atoms with E-state index in [1.54, 1.807) is 29.2 Å². The SMILES string of the molecule is O=C(O)c1nnn(Cc2cccc(Br)c2)c1-c1cccnc1. The molecule has 0 bridgehead atoms. The van der Waals surface area contributed by atoms with Crippen LogP contribution >= 0.6 is 15.9 Å². The number of rotatable bonds is 4. The molecule has 0 fully saturated rings. The van der Waals surface area contributed by atoms with Gasteiger partial charge in [0.25, 0.3) is 0 Å². The molecule has 0 saturated heterocycles. The summed E-state index contributed by atoms with van der Waals surface area (Å²) in [6.45, 7) is 0.421. The molecule has 6 nitrogen and oxygen atoms in total. The second-order valence-corrected chi connectivity index (χ2v) is 5.54. The number of halogens is 1. The maximum absolute atomic E-state index is 11.4. The van der Waals surface area contributed by atoms with Gasteiger partial charge in [-0.2, -0.15) is 0 Å². The van der Waals surface area contributed by atoms with Crippen LogP contribution in [0, 0.1) is 0 Å². The van der Waals surface area contributed by atoms with E-state index in [-0.39, 0.29) is 5.69 Å². The predicted molar refractivity (Wildman–Crippen MR) is 83.5 cm³/mol. The van der Waals surface area contributed by atoms with Crippen LogP contribution in [0.4, 0.5) is 0 Å². The summed E-state index contributed by atoms with van der Waals surface area (Å²) in [5, 5.41) is 17.1. The summed E-state index contributed by atoms with van der Waals surface area (Å²) >= 11 is 3.42. The Morgan fingerprint density at radius 3 is 2.82 bits per heavy atom. The van der Waals surface area contributed by atoms with Crippen LogP contribution in [0.5, 0.6) is 0 Å². The minimum atomic E-state index is -1.11. The maximum atomic E-state index is 11.4. The summed E-state index contributed by atoms with van der Waals surface area (Å²) in [6, 6.07) is 11.3. The number of hydrogen-bond acceptors (Lipinski definition) is 4. The Morgan fingerprint density at radius 2 is 2.14 bits per heavy atom. The highest BCUT2D eigenvalue weighted by molar-refractivity contribution is 9.10. The third kappa shape index (κ3) is 2.89. The Hall–Kier alpha value is -2.54. The largest absolute Gasteiger partial charge is 0.476 e. The molecule has 1 N–H and O–H groups in total. The molecule has 0 aliphatic carbocycles. The predicted octanol–water partition coefficient (Wildman–Crippen LogP) is 2.85. The van der Waals surface area contributed by atoms with Crippen molar-refractivity contribution in [3.63, 3.8) is 0 Å². The molecule has 2 aromatic heterocycles. The third-order valence-electron chi connectivity index (χ3n) is 3.09. The number of carboxylic acid groups (broad SMARTS) is 1. The molecule has 7 heteroatoms. The van der Waals surface area contributed by atoms with Gasteiger partial charge in [0.1, 0.15) is 5.69 Å². The van der Waals surface area contributed by atoms with Crippen LogP contribution in [0.15, 0.2) is 53.3 Å². The summed E-state index contributed by atoms with van der Waals surface area (Å²) in [6.07, 6.45) is 3.23. The zero-order valence-corrected chi connectivity index (χ0v) is 12.9. The fourth-order valence-corrected chi connectivity index (χ4v) is 2.61. The molecule has 1 aromatic carbocycles. The van der Waals surface area contributed by atoms with Crippen molar-refractivity contribution in [2.24, 2.45) is 0 Å². The Labute approximate surface area is 134 Å². The molecule has 110 valence electrons. The summed E-state index contributed by atoms with van der Waals surface area (Å²) < 4.78 is 2.52. The lowest BCUT2D eigenvalue weighted by Gasteiger charge is -2.07. The second-order valence-electron chi connectivity index (χ2n) is 4.62. The lowest BCUT2D eigenvalue weighted by atomic mass is 10.1. The molecule has 0 spiro atoms. The summed E-state index contributed by atoms with van der Waals surface area (Å²) in [7, 11) is 0. The molecule has 0 saturated carbocycles. The van der Waals surface area contributed by atoms with Gasteiger partial charge < -0.3 is 5.11 Å². The number of nitrogens with zero attached hydrogens (tertiary/aromatic N) is 4. The van der Waals surface area contributed by atoms with Crippen molar-refractivity contribution in [2.75, 3.05) is 0 Å². The zero-order chi connectivity index (χ0) is 15.5. The molecule has 2 heterocycles. The van der Waals surface area contributed by atoms with Gasteiger partial charge in [0.15, 0.2) is 5.69 Å². The van der Waals surface area contributed by atoms with E-state index >= 15 is 0 Å². The average Bonchev–Trinajstić information content (AvgIpc) is 2.92. The smallest absolute Gasteiger partial charge is 0.358 e.